The second kappa shape index (κ2) is 6.20. The summed E-state index contributed by atoms with van der Waals surface area (Å²) in [7, 11) is 1.74. The number of thiazole rings is 1. The lowest BCUT2D eigenvalue weighted by molar-refractivity contribution is 0.183. The molecule has 15 heavy (non-hydrogen) atoms. The van der Waals surface area contributed by atoms with Gasteiger partial charge in [-0.3, -0.25) is 0 Å². The van der Waals surface area contributed by atoms with Gasteiger partial charge in [-0.1, -0.05) is 0 Å². The predicted molar refractivity (Wildman–Crippen MR) is 64.4 cm³/mol. The Hall–Kier alpha value is -0.450. The highest BCUT2D eigenvalue weighted by molar-refractivity contribution is 7.09. The van der Waals surface area contributed by atoms with Gasteiger partial charge in [-0.15, -0.1) is 11.3 Å². The van der Waals surface area contributed by atoms with E-state index in [1.54, 1.807) is 18.4 Å². The minimum atomic E-state index is 0.321. The Morgan fingerprint density at radius 3 is 2.80 bits per heavy atom. The Labute approximate surface area is 95.9 Å². The summed E-state index contributed by atoms with van der Waals surface area (Å²) >= 11 is 1.70. The van der Waals surface area contributed by atoms with E-state index in [1.165, 1.54) is 0 Å². The van der Waals surface area contributed by atoms with E-state index in [0.29, 0.717) is 12.1 Å². The lowest BCUT2D eigenvalue weighted by atomic mass is 10.2. The van der Waals surface area contributed by atoms with Gasteiger partial charge < -0.3 is 10.1 Å². The van der Waals surface area contributed by atoms with Crippen LogP contribution in [0, 0.1) is 6.92 Å². The molecule has 0 aliphatic heterocycles. The third kappa shape index (κ3) is 4.28. The summed E-state index contributed by atoms with van der Waals surface area (Å²) in [5.41, 5.74) is 1.14. The molecule has 2 atom stereocenters. The minimum Gasteiger partial charge on any atom is -0.385 e. The van der Waals surface area contributed by atoms with Crippen LogP contribution in [0.1, 0.15) is 37.0 Å². The van der Waals surface area contributed by atoms with Crippen molar-refractivity contribution in [3.63, 3.8) is 0 Å². The molecule has 1 rings (SSSR count). The first-order chi connectivity index (χ1) is 7.13. The summed E-state index contributed by atoms with van der Waals surface area (Å²) < 4.78 is 5.05. The standard InChI is InChI=1S/C11H20N2OS/c1-8(5-6-14-4)12-9(2)11-7-15-10(3)13-11/h7-9,12H,5-6H2,1-4H3. The Morgan fingerprint density at radius 1 is 1.53 bits per heavy atom. The average Bonchev–Trinajstić information content (AvgIpc) is 2.61. The normalized spacial score (nSPS) is 15.2. The molecular weight excluding hydrogens is 208 g/mol. The van der Waals surface area contributed by atoms with E-state index in [9.17, 15) is 0 Å². The van der Waals surface area contributed by atoms with Crippen molar-refractivity contribution in [1.29, 1.82) is 0 Å². The fraction of sp³-hybridized carbons (Fsp3) is 0.727. The van der Waals surface area contributed by atoms with Gasteiger partial charge in [0.15, 0.2) is 0 Å². The van der Waals surface area contributed by atoms with Crippen LogP contribution < -0.4 is 5.32 Å². The highest BCUT2D eigenvalue weighted by atomic mass is 32.1. The molecule has 0 fully saturated rings. The molecule has 0 saturated heterocycles. The number of hydrogen-bond acceptors (Lipinski definition) is 4. The zero-order chi connectivity index (χ0) is 11.3. The maximum atomic E-state index is 5.05. The first-order valence-electron chi connectivity index (χ1n) is 5.30. The number of nitrogens with zero attached hydrogens (tertiary/aromatic N) is 1. The number of ether oxygens (including phenoxy) is 1. The molecule has 4 heteroatoms. The second-order valence-electron chi connectivity index (χ2n) is 3.86. The van der Waals surface area contributed by atoms with E-state index >= 15 is 0 Å². The molecule has 3 nitrogen and oxygen atoms in total. The molecule has 0 aliphatic carbocycles. The molecular formula is C11H20N2OS. The van der Waals surface area contributed by atoms with Crippen molar-refractivity contribution in [3.05, 3.63) is 16.1 Å². The summed E-state index contributed by atoms with van der Waals surface area (Å²) in [6.07, 6.45) is 1.03. The Kier molecular flexibility index (Phi) is 5.22. The Morgan fingerprint density at radius 2 is 2.27 bits per heavy atom. The van der Waals surface area contributed by atoms with Crippen LogP contribution in [0.15, 0.2) is 5.38 Å². The van der Waals surface area contributed by atoms with E-state index in [4.69, 9.17) is 4.74 Å². The minimum absolute atomic E-state index is 0.321. The molecule has 0 bridgehead atoms. The van der Waals surface area contributed by atoms with E-state index in [-0.39, 0.29) is 0 Å². The average molecular weight is 228 g/mol. The summed E-state index contributed by atoms with van der Waals surface area (Å²) in [5.74, 6) is 0. The molecule has 0 saturated carbocycles. The van der Waals surface area contributed by atoms with Crippen LogP contribution in [0.4, 0.5) is 0 Å². The van der Waals surface area contributed by atoms with E-state index in [2.05, 4.69) is 29.5 Å². The van der Waals surface area contributed by atoms with E-state index < -0.39 is 0 Å². The van der Waals surface area contributed by atoms with Crippen LogP contribution in [-0.2, 0) is 4.74 Å². The van der Waals surface area contributed by atoms with Gasteiger partial charge in [-0.25, -0.2) is 4.98 Å². The lowest BCUT2D eigenvalue weighted by Crippen LogP contribution is -2.30. The number of hydrogen-bond donors (Lipinski definition) is 1. The predicted octanol–water partition coefficient (Wildman–Crippen LogP) is 2.53. The summed E-state index contributed by atoms with van der Waals surface area (Å²) in [4.78, 5) is 4.47. The van der Waals surface area contributed by atoms with Gasteiger partial charge in [0.1, 0.15) is 0 Å². The van der Waals surface area contributed by atoms with Crippen molar-refractivity contribution in [2.75, 3.05) is 13.7 Å². The fourth-order valence-corrected chi connectivity index (χ4v) is 2.18. The molecule has 0 amide bonds. The number of aryl methyl sites for hydroxylation is 1. The molecule has 1 aromatic rings. The van der Waals surface area contributed by atoms with Gasteiger partial charge in [0.2, 0.25) is 0 Å². The maximum Gasteiger partial charge on any atom is 0.0898 e. The first-order valence-corrected chi connectivity index (χ1v) is 6.18. The van der Waals surface area contributed by atoms with Crippen LogP contribution in [0.2, 0.25) is 0 Å². The second-order valence-corrected chi connectivity index (χ2v) is 4.92. The zero-order valence-electron chi connectivity index (χ0n) is 9.91. The summed E-state index contributed by atoms with van der Waals surface area (Å²) in [5, 5.41) is 6.76. The van der Waals surface area contributed by atoms with Crippen LogP contribution in [0.5, 0.6) is 0 Å². The van der Waals surface area contributed by atoms with Crippen LogP contribution in [0.25, 0.3) is 0 Å². The third-order valence-corrected chi connectivity index (χ3v) is 3.16. The number of rotatable bonds is 6. The first kappa shape index (κ1) is 12.6. The maximum absolute atomic E-state index is 5.05. The quantitative estimate of drug-likeness (QED) is 0.812. The van der Waals surface area contributed by atoms with Crippen LogP contribution in [-0.4, -0.2) is 24.7 Å². The van der Waals surface area contributed by atoms with Gasteiger partial charge in [-0.05, 0) is 27.2 Å². The van der Waals surface area contributed by atoms with Crippen LogP contribution in [0.3, 0.4) is 0 Å². The van der Waals surface area contributed by atoms with Gasteiger partial charge in [0, 0.05) is 31.2 Å². The smallest absolute Gasteiger partial charge is 0.0898 e. The molecule has 0 aromatic carbocycles. The summed E-state index contributed by atoms with van der Waals surface area (Å²) in [6, 6.07) is 0.781. The summed E-state index contributed by atoms with van der Waals surface area (Å²) in [6.45, 7) is 7.17. The SMILES string of the molecule is COCCC(C)NC(C)c1csc(C)n1. The zero-order valence-corrected chi connectivity index (χ0v) is 10.7. The van der Waals surface area contributed by atoms with Crippen LogP contribution >= 0.6 is 11.3 Å². The van der Waals surface area contributed by atoms with Crippen molar-refractivity contribution < 1.29 is 4.74 Å². The van der Waals surface area contributed by atoms with Crippen molar-refractivity contribution >= 4 is 11.3 Å². The third-order valence-electron chi connectivity index (χ3n) is 2.37. The van der Waals surface area contributed by atoms with Gasteiger partial charge in [0.25, 0.3) is 0 Å². The molecule has 86 valence electrons. The highest BCUT2D eigenvalue weighted by Gasteiger charge is 2.11. The Balaban J connectivity index is 2.38. The monoisotopic (exact) mass is 228 g/mol. The van der Waals surface area contributed by atoms with E-state index in [0.717, 1.165) is 23.7 Å². The van der Waals surface area contributed by atoms with Crippen molar-refractivity contribution in [2.45, 2.75) is 39.3 Å². The Bertz CT molecular complexity index is 288. The molecule has 2 unspecified atom stereocenters. The number of nitrogens with one attached hydrogen (secondary N) is 1. The molecule has 1 N–H and O–H groups in total. The fourth-order valence-electron chi connectivity index (χ4n) is 1.47. The van der Waals surface area contributed by atoms with Crippen molar-refractivity contribution in [1.82, 2.24) is 10.3 Å². The molecule has 0 aliphatic rings. The lowest BCUT2D eigenvalue weighted by Gasteiger charge is -2.18. The van der Waals surface area contributed by atoms with Crippen molar-refractivity contribution in [3.8, 4) is 0 Å². The molecule has 1 aromatic heterocycles. The van der Waals surface area contributed by atoms with E-state index in [1.807, 2.05) is 6.92 Å². The number of methoxy groups -OCH3 is 1. The molecule has 1 heterocycles. The topological polar surface area (TPSA) is 34.1 Å². The largest absolute Gasteiger partial charge is 0.385 e. The highest BCUT2D eigenvalue weighted by Crippen LogP contribution is 2.16. The van der Waals surface area contributed by atoms with Gasteiger partial charge >= 0.3 is 0 Å². The van der Waals surface area contributed by atoms with Gasteiger partial charge in [0.05, 0.1) is 10.7 Å². The van der Waals surface area contributed by atoms with Crippen molar-refractivity contribution in [2.24, 2.45) is 0 Å². The molecule has 0 radical (unpaired) electrons. The molecule has 0 spiro atoms. The number of aromatic nitrogens is 1. The van der Waals surface area contributed by atoms with Gasteiger partial charge in [-0.2, -0.15) is 0 Å².